The summed E-state index contributed by atoms with van der Waals surface area (Å²) in [7, 11) is 0. The Morgan fingerprint density at radius 3 is 2.15 bits per heavy atom. The molecule has 4 nitrogen and oxygen atoms in total. The van der Waals surface area contributed by atoms with Crippen molar-refractivity contribution in [1.29, 1.82) is 0 Å². The van der Waals surface area contributed by atoms with Crippen LogP contribution in [0.25, 0.3) is 0 Å². The van der Waals surface area contributed by atoms with E-state index in [0.29, 0.717) is 5.92 Å². The summed E-state index contributed by atoms with van der Waals surface area (Å²) in [6.07, 6.45) is -2.69. The first-order chi connectivity index (χ1) is 11.5. The maximum atomic E-state index is 12.3. The van der Waals surface area contributed by atoms with E-state index in [2.05, 4.69) is 15.0 Å². The van der Waals surface area contributed by atoms with Gasteiger partial charge >= 0.3 is 6.36 Å². The Morgan fingerprint density at radius 2 is 1.62 bits per heavy atom. The van der Waals surface area contributed by atoms with Gasteiger partial charge < -0.3 is 14.8 Å². The number of ether oxygens (including phenoxy) is 2. The highest BCUT2D eigenvalue weighted by Crippen LogP contribution is 2.36. The molecule has 1 atom stereocenters. The normalized spacial score (nSPS) is 20.6. The third-order valence-electron chi connectivity index (χ3n) is 4.71. The molecule has 0 aromatic heterocycles. The minimum atomic E-state index is -4.65. The van der Waals surface area contributed by atoms with Crippen molar-refractivity contribution in [3.8, 4) is 5.75 Å². The van der Waals surface area contributed by atoms with Crippen LogP contribution in [-0.2, 0) is 4.74 Å². The molecule has 9 heteroatoms. The van der Waals surface area contributed by atoms with Crippen molar-refractivity contribution in [3.63, 3.8) is 0 Å². The van der Waals surface area contributed by atoms with Gasteiger partial charge in [0.25, 0.3) is 0 Å². The molecular weight excluding hydrogens is 392 g/mol. The van der Waals surface area contributed by atoms with E-state index < -0.39 is 6.36 Å². The van der Waals surface area contributed by atoms with Crippen molar-refractivity contribution >= 4 is 24.8 Å². The second-order valence-electron chi connectivity index (χ2n) is 6.30. The van der Waals surface area contributed by atoms with Crippen LogP contribution in [0.5, 0.6) is 5.75 Å². The zero-order chi connectivity index (χ0) is 17.0. The molecule has 0 radical (unpaired) electrons. The molecule has 0 saturated carbocycles. The van der Waals surface area contributed by atoms with Gasteiger partial charge in [0.1, 0.15) is 5.75 Å². The Bertz CT molecular complexity index is 502. The van der Waals surface area contributed by atoms with Gasteiger partial charge in [-0.1, -0.05) is 12.1 Å². The third-order valence-corrected chi connectivity index (χ3v) is 4.71. The van der Waals surface area contributed by atoms with Gasteiger partial charge in [-0.15, -0.1) is 38.0 Å². The lowest BCUT2D eigenvalue weighted by molar-refractivity contribution is -0.274. The molecule has 150 valence electrons. The Hall–Kier alpha value is -0.730. The summed E-state index contributed by atoms with van der Waals surface area (Å²) in [6.45, 7) is 5.28. The average Bonchev–Trinajstić information content (AvgIpc) is 2.57. The summed E-state index contributed by atoms with van der Waals surface area (Å²) in [4.78, 5) is 2.44. The van der Waals surface area contributed by atoms with E-state index in [1.54, 1.807) is 12.1 Å². The van der Waals surface area contributed by atoms with Crippen LogP contribution in [0, 0.1) is 5.92 Å². The zero-order valence-electron chi connectivity index (χ0n) is 14.3. The molecule has 26 heavy (non-hydrogen) atoms. The molecule has 1 aromatic rings. The summed E-state index contributed by atoms with van der Waals surface area (Å²) >= 11 is 0. The molecule has 2 aliphatic rings. The lowest BCUT2D eigenvalue weighted by Gasteiger charge is -2.41. The fourth-order valence-corrected chi connectivity index (χ4v) is 3.64. The smallest absolute Gasteiger partial charge is 0.406 e. The highest BCUT2D eigenvalue weighted by Gasteiger charge is 2.33. The van der Waals surface area contributed by atoms with E-state index in [1.807, 2.05) is 0 Å². The standard InChI is InChI=1S/C17H23F3N2O2.2ClH/c18-17(19,20)24-15-3-1-13(2-4-15)16(14-5-11-23-12-6-14)22-9-7-21-8-10-22;;/h1-4,14,16,21H,5-12H2;2*1H/t16-;;/m1../s1. The van der Waals surface area contributed by atoms with Gasteiger partial charge in [0.2, 0.25) is 0 Å². The monoisotopic (exact) mass is 416 g/mol. The molecule has 0 spiro atoms. The summed E-state index contributed by atoms with van der Waals surface area (Å²) in [5, 5.41) is 3.35. The molecule has 2 fully saturated rings. The lowest BCUT2D eigenvalue weighted by Crippen LogP contribution is -2.47. The molecule has 3 rings (SSSR count). The number of halogens is 5. The first kappa shape index (κ1) is 23.3. The molecule has 1 aromatic carbocycles. The topological polar surface area (TPSA) is 33.7 Å². The molecule has 0 unspecified atom stereocenters. The second kappa shape index (κ2) is 10.6. The predicted octanol–water partition coefficient (Wildman–Crippen LogP) is 3.80. The number of hydrogen-bond donors (Lipinski definition) is 1. The first-order valence-corrected chi connectivity index (χ1v) is 8.41. The van der Waals surface area contributed by atoms with Crippen molar-refractivity contribution in [2.24, 2.45) is 5.92 Å². The second-order valence-corrected chi connectivity index (χ2v) is 6.30. The Labute approximate surface area is 164 Å². The quantitative estimate of drug-likeness (QED) is 0.808. The predicted molar refractivity (Wildman–Crippen MR) is 98.3 cm³/mol. The Kier molecular flexibility index (Phi) is 9.47. The van der Waals surface area contributed by atoms with E-state index in [9.17, 15) is 13.2 Å². The molecule has 0 amide bonds. The van der Waals surface area contributed by atoms with Crippen LogP contribution in [0.15, 0.2) is 24.3 Å². The SMILES string of the molecule is Cl.Cl.FC(F)(F)Oc1ccc([C@H](C2CCOCC2)N2CCNCC2)cc1. The van der Waals surface area contributed by atoms with E-state index >= 15 is 0 Å². The van der Waals surface area contributed by atoms with Gasteiger partial charge in [-0.25, -0.2) is 0 Å². The maximum Gasteiger partial charge on any atom is 0.573 e. The van der Waals surface area contributed by atoms with Crippen molar-refractivity contribution < 1.29 is 22.6 Å². The minimum Gasteiger partial charge on any atom is -0.406 e. The fourth-order valence-electron chi connectivity index (χ4n) is 3.64. The molecule has 2 heterocycles. The van der Waals surface area contributed by atoms with E-state index in [-0.39, 0.29) is 36.6 Å². The highest BCUT2D eigenvalue weighted by molar-refractivity contribution is 5.85. The highest BCUT2D eigenvalue weighted by atomic mass is 35.5. The minimum absolute atomic E-state index is 0. The summed E-state index contributed by atoms with van der Waals surface area (Å²) in [6, 6.07) is 6.58. The van der Waals surface area contributed by atoms with Crippen molar-refractivity contribution in [1.82, 2.24) is 10.2 Å². The van der Waals surface area contributed by atoms with Crippen LogP contribution in [0.3, 0.4) is 0 Å². The number of alkyl halides is 3. The molecule has 0 aliphatic carbocycles. The van der Waals surface area contributed by atoms with Crippen LogP contribution in [0.2, 0.25) is 0 Å². The van der Waals surface area contributed by atoms with Gasteiger partial charge in [0.15, 0.2) is 0 Å². The first-order valence-electron chi connectivity index (χ1n) is 8.41. The number of nitrogens with zero attached hydrogens (tertiary/aromatic N) is 1. The fraction of sp³-hybridized carbons (Fsp3) is 0.647. The number of piperazine rings is 1. The van der Waals surface area contributed by atoms with Gasteiger partial charge in [0.05, 0.1) is 0 Å². The van der Waals surface area contributed by atoms with E-state index in [1.165, 1.54) is 12.1 Å². The molecule has 2 aliphatic heterocycles. The molecule has 1 N–H and O–H groups in total. The molecule has 2 saturated heterocycles. The van der Waals surface area contributed by atoms with Crippen molar-refractivity contribution in [2.45, 2.75) is 25.2 Å². The Morgan fingerprint density at radius 1 is 1.04 bits per heavy atom. The van der Waals surface area contributed by atoms with Crippen LogP contribution in [0.1, 0.15) is 24.4 Å². The Balaban J connectivity index is 0.00000169. The summed E-state index contributed by atoms with van der Waals surface area (Å²) < 4.78 is 46.4. The van der Waals surface area contributed by atoms with E-state index in [0.717, 1.165) is 57.8 Å². The van der Waals surface area contributed by atoms with Gasteiger partial charge in [-0.3, -0.25) is 4.90 Å². The van der Waals surface area contributed by atoms with Gasteiger partial charge in [-0.2, -0.15) is 0 Å². The van der Waals surface area contributed by atoms with Crippen LogP contribution in [0.4, 0.5) is 13.2 Å². The van der Waals surface area contributed by atoms with Crippen LogP contribution < -0.4 is 10.1 Å². The number of nitrogens with one attached hydrogen (secondary N) is 1. The number of hydrogen-bond acceptors (Lipinski definition) is 4. The molecular formula is C17H25Cl2F3N2O2. The number of benzene rings is 1. The number of rotatable bonds is 4. The van der Waals surface area contributed by atoms with Crippen LogP contribution >= 0.6 is 24.8 Å². The van der Waals surface area contributed by atoms with Gasteiger partial charge in [0, 0.05) is 45.4 Å². The lowest BCUT2D eigenvalue weighted by atomic mass is 9.85. The zero-order valence-corrected chi connectivity index (χ0v) is 16.0. The van der Waals surface area contributed by atoms with Crippen molar-refractivity contribution in [3.05, 3.63) is 29.8 Å². The summed E-state index contributed by atoms with van der Waals surface area (Å²) in [5.74, 6) is 0.295. The van der Waals surface area contributed by atoms with E-state index in [4.69, 9.17) is 4.74 Å². The van der Waals surface area contributed by atoms with Gasteiger partial charge in [-0.05, 0) is 36.5 Å². The summed E-state index contributed by atoms with van der Waals surface area (Å²) in [5.41, 5.74) is 1.05. The third kappa shape index (κ3) is 6.46. The average molecular weight is 417 g/mol. The maximum absolute atomic E-state index is 12.3. The largest absolute Gasteiger partial charge is 0.573 e. The van der Waals surface area contributed by atoms with Crippen LogP contribution in [-0.4, -0.2) is 50.7 Å². The van der Waals surface area contributed by atoms with Crippen molar-refractivity contribution in [2.75, 3.05) is 39.4 Å². The molecule has 0 bridgehead atoms.